The van der Waals surface area contributed by atoms with E-state index >= 15 is 0 Å². The van der Waals surface area contributed by atoms with Crippen molar-refractivity contribution >= 4 is 23.1 Å². The molecule has 0 aliphatic carbocycles. The molecule has 0 unspecified atom stereocenters. The van der Waals surface area contributed by atoms with Gasteiger partial charge in [-0.25, -0.2) is 9.48 Å². The number of amides is 1. The van der Waals surface area contributed by atoms with Crippen LogP contribution in [0.2, 0.25) is 0 Å². The van der Waals surface area contributed by atoms with Gasteiger partial charge < -0.3 is 14.5 Å². The molecule has 0 atom stereocenters. The number of para-hydroxylation sites is 1. The lowest BCUT2D eigenvalue weighted by Gasteiger charge is -2.33. The Morgan fingerprint density at radius 3 is 2.58 bits per heavy atom. The quantitative estimate of drug-likeness (QED) is 0.737. The zero-order valence-electron chi connectivity index (χ0n) is 14.3. The number of hydrogen-bond donors (Lipinski definition) is 1. The summed E-state index contributed by atoms with van der Waals surface area (Å²) in [7, 11) is 1.37. The smallest absolute Gasteiger partial charge is 0.409 e. The second-order valence-electron chi connectivity index (χ2n) is 5.96. The van der Waals surface area contributed by atoms with Crippen LogP contribution in [0.5, 0.6) is 0 Å². The van der Waals surface area contributed by atoms with Gasteiger partial charge >= 0.3 is 6.09 Å². The van der Waals surface area contributed by atoms with E-state index in [2.05, 4.69) is 15.1 Å². The molecule has 1 fully saturated rings. The van der Waals surface area contributed by atoms with Crippen molar-refractivity contribution in [3.05, 3.63) is 46.9 Å². The van der Waals surface area contributed by atoms with Crippen molar-refractivity contribution < 1.29 is 9.53 Å². The second-order valence-corrected chi connectivity index (χ2v) is 5.96. The molecule has 2 aromatic heterocycles. The van der Waals surface area contributed by atoms with E-state index in [4.69, 9.17) is 4.74 Å². The highest BCUT2D eigenvalue weighted by Crippen LogP contribution is 2.17. The molecule has 1 amide bonds. The van der Waals surface area contributed by atoms with Crippen LogP contribution in [0.15, 0.2) is 41.3 Å². The maximum atomic E-state index is 12.4. The Bertz CT molecular complexity index is 989. The van der Waals surface area contributed by atoms with Gasteiger partial charge in [-0.15, -0.1) is 0 Å². The molecule has 0 saturated carbocycles. The van der Waals surface area contributed by atoms with Crippen LogP contribution in [0.1, 0.15) is 0 Å². The van der Waals surface area contributed by atoms with Crippen LogP contribution >= 0.6 is 0 Å². The average molecular weight is 354 g/mol. The van der Waals surface area contributed by atoms with E-state index in [1.165, 1.54) is 13.3 Å². The summed E-state index contributed by atoms with van der Waals surface area (Å²) in [4.78, 5) is 35.1. The molecule has 4 rings (SSSR count). The predicted octanol–water partition coefficient (Wildman–Crippen LogP) is 0.997. The first kappa shape index (κ1) is 16.1. The SMILES string of the molecule is COC(=O)N1CCN(c2nc3c(cnn3-c3ccccc3)c(=O)[nH]2)CC1. The minimum atomic E-state index is -0.344. The number of ether oxygens (including phenoxy) is 1. The Morgan fingerprint density at radius 1 is 1.15 bits per heavy atom. The third-order valence-electron chi connectivity index (χ3n) is 4.44. The normalized spacial score (nSPS) is 14.7. The number of fused-ring (bicyclic) bond motifs is 1. The summed E-state index contributed by atoms with van der Waals surface area (Å²) in [5, 5.41) is 4.74. The standard InChI is InChI=1S/C17H18N6O3/c1-26-17(25)22-9-7-21(8-10-22)16-19-14-13(15(24)20-16)11-18-23(14)12-5-3-2-4-6-12/h2-6,11H,7-10H2,1H3,(H,19,20,24). The van der Waals surface area contributed by atoms with Crippen molar-refractivity contribution in [2.24, 2.45) is 0 Å². The molecule has 1 aliphatic heterocycles. The molecule has 9 nitrogen and oxygen atoms in total. The number of anilines is 1. The highest BCUT2D eigenvalue weighted by Gasteiger charge is 2.23. The first-order chi connectivity index (χ1) is 12.7. The van der Waals surface area contributed by atoms with E-state index in [0.29, 0.717) is 43.2 Å². The molecule has 0 bridgehead atoms. The number of piperazine rings is 1. The molecule has 1 saturated heterocycles. The number of rotatable bonds is 2. The van der Waals surface area contributed by atoms with Crippen molar-refractivity contribution in [1.29, 1.82) is 0 Å². The van der Waals surface area contributed by atoms with Gasteiger partial charge in [-0.2, -0.15) is 10.1 Å². The third-order valence-corrected chi connectivity index (χ3v) is 4.44. The Hall–Kier alpha value is -3.36. The van der Waals surface area contributed by atoms with Crippen LogP contribution in [-0.2, 0) is 4.74 Å². The monoisotopic (exact) mass is 354 g/mol. The van der Waals surface area contributed by atoms with Gasteiger partial charge in [-0.1, -0.05) is 18.2 Å². The van der Waals surface area contributed by atoms with Gasteiger partial charge in [0.2, 0.25) is 5.95 Å². The largest absolute Gasteiger partial charge is 0.453 e. The van der Waals surface area contributed by atoms with Crippen LogP contribution in [0, 0.1) is 0 Å². The topological polar surface area (TPSA) is 96.3 Å². The molecular weight excluding hydrogens is 336 g/mol. The van der Waals surface area contributed by atoms with E-state index in [9.17, 15) is 9.59 Å². The van der Waals surface area contributed by atoms with Crippen LogP contribution < -0.4 is 10.5 Å². The fourth-order valence-corrected chi connectivity index (χ4v) is 3.04. The average Bonchev–Trinajstić information content (AvgIpc) is 3.13. The van der Waals surface area contributed by atoms with Crippen molar-refractivity contribution in [1.82, 2.24) is 24.6 Å². The molecule has 134 valence electrons. The Morgan fingerprint density at radius 2 is 1.88 bits per heavy atom. The number of nitrogens with zero attached hydrogens (tertiary/aromatic N) is 5. The summed E-state index contributed by atoms with van der Waals surface area (Å²) >= 11 is 0. The first-order valence-corrected chi connectivity index (χ1v) is 8.28. The van der Waals surface area contributed by atoms with E-state index < -0.39 is 0 Å². The predicted molar refractivity (Wildman–Crippen MR) is 95.7 cm³/mol. The third kappa shape index (κ3) is 2.77. The molecule has 0 spiro atoms. The summed E-state index contributed by atoms with van der Waals surface area (Å²) in [5.74, 6) is 0.477. The van der Waals surface area contributed by atoms with Gasteiger partial charge in [-0.3, -0.25) is 9.78 Å². The van der Waals surface area contributed by atoms with Gasteiger partial charge in [0.15, 0.2) is 5.65 Å². The van der Waals surface area contributed by atoms with Crippen molar-refractivity contribution in [3.8, 4) is 5.69 Å². The first-order valence-electron chi connectivity index (χ1n) is 8.28. The maximum absolute atomic E-state index is 12.4. The van der Waals surface area contributed by atoms with E-state index in [1.807, 2.05) is 35.2 Å². The molecule has 9 heteroatoms. The molecular formula is C17H18N6O3. The van der Waals surface area contributed by atoms with Gasteiger partial charge in [0.05, 0.1) is 19.0 Å². The summed E-state index contributed by atoms with van der Waals surface area (Å²) in [6.45, 7) is 2.13. The lowest BCUT2D eigenvalue weighted by Crippen LogP contribution is -2.49. The molecule has 26 heavy (non-hydrogen) atoms. The summed E-state index contributed by atoms with van der Waals surface area (Å²) in [6, 6.07) is 9.54. The Kier molecular flexibility index (Phi) is 4.04. The number of carbonyl (C=O) groups excluding carboxylic acids is 1. The number of aromatic amines is 1. The fourth-order valence-electron chi connectivity index (χ4n) is 3.04. The molecule has 1 aliphatic rings. The Balaban J connectivity index is 1.67. The van der Waals surface area contributed by atoms with E-state index in [-0.39, 0.29) is 11.7 Å². The van der Waals surface area contributed by atoms with Gasteiger partial charge in [0.25, 0.3) is 5.56 Å². The molecule has 0 radical (unpaired) electrons. The second kappa shape index (κ2) is 6.51. The number of aromatic nitrogens is 4. The van der Waals surface area contributed by atoms with Crippen molar-refractivity contribution in [2.45, 2.75) is 0 Å². The summed E-state index contributed by atoms with van der Waals surface area (Å²) in [5.41, 5.74) is 1.11. The zero-order chi connectivity index (χ0) is 18.1. The number of carbonyl (C=O) groups is 1. The zero-order valence-corrected chi connectivity index (χ0v) is 14.3. The molecule has 1 N–H and O–H groups in total. The van der Waals surface area contributed by atoms with Crippen LogP contribution in [-0.4, -0.2) is 64.0 Å². The van der Waals surface area contributed by atoms with Crippen LogP contribution in [0.25, 0.3) is 16.7 Å². The van der Waals surface area contributed by atoms with E-state index in [0.717, 1.165) is 5.69 Å². The minimum absolute atomic E-state index is 0.234. The van der Waals surface area contributed by atoms with Gasteiger partial charge in [0, 0.05) is 26.2 Å². The molecule has 3 aromatic rings. The maximum Gasteiger partial charge on any atom is 0.409 e. The lowest BCUT2D eigenvalue weighted by atomic mass is 10.3. The molecule has 1 aromatic carbocycles. The highest BCUT2D eigenvalue weighted by atomic mass is 16.5. The van der Waals surface area contributed by atoms with Gasteiger partial charge in [0.1, 0.15) is 5.39 Å². The number of H-pyrrole nitrogens is 1. The summed E-state index contributed by atoms with van der Waals surface area (Å²) < 4.78 is 6.40. The molecule has 3 heterocycles. The number of benzene rings is 1. The fraction of sp³-hybridized carbons (Fsp3) is 0.294. The summed E-state index contributed by atoms with van der Waals surface area (Å²) in [6.07, 6.45) is 1.18. The van der Waals surface area contributed by atoms with Gasteiger partial charge in [-0.05, 0) is 12.1 Å². The number of methoxy groups -OCH3 is 1. The van der Waals surface area contributed by atoms with Crippen molar-refractivity contribution in [3.63, 3.8) is 0 Å². The van der Waals surface area contributed by atoms with Crippen LogP contribution in [0.3, 0.4) is 0 Å². The lowest BCUT2D eigenvalue weighted by molar-refractivity contribution is 0.121. The Labute approximate surface area is 148 Å². The highest BCUT2D eigenvalue weighted by molar-refractivity contribution is 5.76. The number of hydrogen-bond acceptors (Lipinski definition) is 6. The van der Waals surface area contributed by atoms with Crippen molar-refractivity contribution in [2.75, 3.05) is 38.2 Å². The minimum Gasteiger partial charge on any atom is -0.453 e. The number of nitrogens with one attached hydrogen (secondary N) is 1. The van der Waals surface area contributed by atoms with Crippen LogP contribution in [0.4, 0.5) is 10.7 Å². The van der Waals surface area contributed by atoms with E-state index in [1.54, 1.807) is 9.58 Å².